The zero-order valence-electron chi connectivity index (χ0n) is 78.6. The number of halogens is 3. The highest BCUT2D eigenvalue weighted by Gasteiger charge is 2.34. The molecule has 5 saturated heterocycles. The molecule has 0 saturated carbocycles. The predicted molar refractivity (Wildman–Crippen MR) is 553 cm³/mol. The number of carboxylic acids is 1. The molecule has 0 unspecified atom stereocenters. The average molecular weight is 2270 g/mol. The van der Waals surface area contributed by atoms with Crippen LogP contribution >= 0.6 is 54.5 Å². The third-order valence-corrected chi connectivity index (χ3v) is 25.6. The molecule has 8 aromatic carbocycles. The Morgan fingerprint density at radius 3 is 0.960 bits per heavy atom. The minimum absolute atomic E-state index is 0.0395. The van der Waals surface area contributed by atoms with Crippen molar-refractivity contribution >= 4 is 147 Å². The number of nitrogens with two attached hydrogens (primary N) is 1. The smallest absolute Gasteiger partial charge is 0.342 e. The first kappa shape index (κ1) is 105. The number of imidazole rings is 4. The lowest BCUT2D eigenvalue weighted by Gasteiger charge is -2.27. The number of rotatable bonds is 17. The molecule has 0 spiro atoms. The van der Waals surface area contributed by atoms with Crippen LogP contribution in [-0.2, 0) is 23.7 Å². The van der Waals surface area contributed by atoms with Crippen molar-refractivity contribution in [2.75, 3.05) is 137 Å². The van der Waals surface area contributed by atoms with E-state index in [1.165, 1.54) is 60.7 Å². The Morgan fingerprint density at radius 1 is 0.340 bits per heavy atom. The number of nitrogen functional groups attached to an aromatic ring is 1. The Kier molecular flexibility index (Phi) is 33.7. The van der Waals surface area contributed by atoms with Gasteiger partial charge >= 0.3 is 5.97 Å². The summed E-state index contributed by atoms with van der Waals surface area (Å²) in [4.78, 5) is 152. The zero-order valence-corrected chi connectivity index (χ0v) is 84.0. The molecular weight excluding hydrogens is 2190 g/mol. The lowest BCUT2D eigenvalue weighted by molar-refractivity contribution is -0.385. The number of nitriles is 2. The standard InChI is InChI=1S/C24H18N6O4.C24H20N6O2.C17H14IN5O4.C17H15N5O4.C11H11BrN2O4.C7H4BrNO4/c25-14-16-1-3-17(4-2-16)22-15-26-23-8-7-20(27-29(22)23)18-5-6-19(21(13-18)30(32)33)24(31)28-9-11-34-12-10-28;25-14-16-1-3-17(4-2-16)22-15-27-23-8-7-21(28-30(22)23)18-5-6-19(20(26)13-18)24(31)29-9-11-32-12-10-29;18-15-10-19-16-4-3-13(20-22(15)16)11-1-2-12(14(9-11)23(25)26)17(24)21-5-7-27-8-6-21;23-17(20-7-9-26-10-8-20)13-2-1-12(11-15(13)22(24)25)14-3-4-16-18-5-6-21(16)19-14;12-8-1-2-9(10(7-8)14(16)17)11(15)13-3-5-18-6-4-13;8-4-1-2-5(7(10)11)6(3-4)9(12)13/h1-8,13,15H,9-12H2;1-8,13,15H,9-12,26H2;1-4,9-10H,5-8H2;1-6,11H,7-10H2;1-2,7H,3-6H2;1-3H,(H,10,11). The van der Waals surface area contributed by atoms with Gasteiger partial charge in [0.1, 0.15) is 31.5 Å². The summed E-state index contributed by atoms with van der Waals surface area (Å²) in [5.41, 5.74) is 17.7. The minimum Gasteiger partial charge on any atom is -0.477 e. The second-order valence-electron chi connectivity index (χ2n) is 33.1. The van der Waals surface area contributed by atoms with Gasteiger partial charge in [0.15, 0.2) is 22.6 Å². The number of hydrogen-bond donors (Lipinski definition) is 2. The first-order valence-corrected chi connectivity index (χ1v) is 48.4. The average Bonchev–Trinajstić information content (AvgIpc) is 1.60. The molecule has 21 rings (SSSR count). The predicted octanol–water partition coefficient (Wildman–Crippen LogP) is 14.3. The quantitative estimate of drug-likeness (QED) is 0.0370. The molecule has 150 heavy (non-hydrogen) atoms. The number of benzene rings is 8. The molecule has 0 aliphatic carbocycles. The van der Waals surface area contributed by atoms with Gasteiger partial charge in [-0.3, -0.25) is 74.5 Å². The third-order valence-electron chi connectivity index (χ3n) is 23.9. The van der Waals surface area contributed by atoms with Crippen LogP contribution in [-0.4, -0.2) is 280 Å². The highest BCUT2D eigenvalue weighted by molar-refractivity contribution is 14.1. The number of aromatic carboxylic acids is 1. The molecule has 5 aliphatic heterocycles. The van der Waals surface area contributed by atoms with E-state index in [0.717, 1.165) is 37.8 Å². The van der Waals surface area contributed by atoms with E-state index >= 15 is 0 Å². The van der Waals surface area contributed by atoms with Gasteiger partial charge in [0.2, 0.25) is 0 Å². The normalized spacial score (nSPS) is 13.8. The van der Waals surface area contributed by atoms with Gasteiger partial charge in [-0.25, -0.2) is 42.8 Å². The molecule has 5 amide bonds. The summed E-state index contributed by atoms with van der Waals surface area (Å²) in [6.45, 7) is 9.15. The number of aromatic nitrogens is 12. The van der Waals surface area contributed by atoms with E-state index in [1.807, 2.05) is 42.5 Å². The third kappa shape index (κ3) is 24.7. The Morgan fingerprint density at radius 2 is 0.620 bits per heavy atom. The largest absolute Gasteiger partial charge is 0.477 e. The minimum atomic E-state index is -1.31. The summed E-state index contributed by atoms with van der Waals surface area (Å²) in [5.74, 6) is -2.81. The molecule has 5 aliphatic rings. The summed E-state index contributed by atoms with van der Waals surface area (Å²) >= 11 is 8.29. The van der Waals surface area contributed by atoms with Crippen LogP contribution < -0.4 is 5.73 Å². The van der Waals surface area contributed by atoms with Crippen molar-refractivity contribution in [3.05, 3.63) is 345 Å². The summed E-state index contributed by atoms with van der Waals surface area (Å²) in [7, 11) is 0. The van der Waals surface area contributed by atoms with Gasteiger partial charge in [-0.2, -0.15) is 30.9 Å². The molecule has 0 radical (unpaired) electrons. The number of ether oxygens (including phenoxy) is 5. The highest BCUT2D eigenvalue weighted by atomic mass is 127. The number of hydrogen-bond acceptors (Lipinski definition) is 32. The first-order chi connectivity index (χ1) is 72.5. The van der Waals surface area contributed by atoms with Crippen LogP contribution in [0.25, 0.3) is 90.1 Å². The molecule has 47 nitrogen and oxygen atoms in total. The van der Waals surface area contributed by atoms with Gasteiger partial charge in [-0.1, -0.05) is 80.4 Å². The number of amides is 5. The fraction of sp³-hybridized carbons (Fsp3) is 0.200. The maximum Gasteiger partial charge on any atom is 0.342 e. The summed E-state index contributed by atoms with van der Waals surface area (Å²) in [6, 6.07) is 60.1. The van der Waals surface area contributed by atoms with Gasteiger partial charge in [-0.05, 0) is 150 Å². The lowest BCUT2D eigenvalue weighted by atomic mass is 10.1. The first-order valence-electron chi connectivity index (χ1n) is 45.7. The molecule has 3 N–H and O–H groups in total. The molecule has 760 valence electrons. The van der Waals surface area contributed by atoms with Crippen LogP contribution in [0.3, 0.4) is 0 Å². The zero-order chi connectivity index (χ0) is 106. The number of anilines is 1. The molecule has 5 fully saturated rings. The number of carbonyl (C=O) groups excluding carboxylic acids is 5. The molecular formula is C100H82Br2IN25O22. The molecule has 8 aromatic heterocycles. The number of carboxylic acid groups (broad SMARTS) is 1. The van der Waals surface area contributed by atoms with E-state index in [1.54, 1.807) is 171 Å². The van der Waals surface area contributed by atoms with Crippen molar-refractivity contribution in [3.63, 3.8) is 0 Å². The Balaban J connectivity index is 0.000000131. The molecule has 13 heterocycles. The maximum atomic E-state index is 12.9. The van der Waals surface area contributed by atoms with Crippen LogP contribution in [0.15, 0.2) is 246 Å². The number of nitro benzene ring substituents is 5. The lowest BCUT2D eigenvalue weighted by Crippen LogP contribution is -2.40. The van der Waals surface area contributed by atoms with E-state index < -0.39 is 36.3 Å². The Hall–Kier alpha value is -17.7. The van der Waals surface area contributed by atoms with E-state index in [9.17, 15) is 79.3 Å². The van der Waals surface area contributed by atoms with E-state index in [0.29, 0.717) is 225 Å². The van der Waals surface area contributed by atoms with Crippen molar-refractivity contribution in [1.29, 1.82) is 10.5 Å². The molecule has 0 atom stereocenters. The summed E-state index contributed by atoms with van der Waals surface area (Å²) in [6.07, 6.45) is 8.45. The number of nitro groups is 5. The highest BCUT2D eigenvalue weighted by Crippen LogP contribution is 2.36. The van der Waals surface area contributed by atoms with Crippen molar-refractivity contribution in [2.24, 2.45) is 0 Å². The molecule has 0 bridgehead atoms. The summed E-state index contributed by atoms with van der Waals surface area (Å²) < 4.78 is 34.7. The van der Waals surface area contributed by atoms with Crippen LogP contribution in [0.4, 0.5) is 34.1 Å². The topological polar surface area (TPSA) is 595 Å². The van der Waals surface area contributed by atoms with Gasteiger partial charge in [0, 0.05) is 156 Å². The van der Waals surface area contributed by atoms with Gasteiger partial charge in [0.05, 0.1) is 172 Å². The second-order valence-corrected chi connectivity index (χ2v) is 36.0. The number of fused-ring (bicyclic) bond motifs is 4. The van der Waals surface area contributed by atoms with E-state index in [2.05, 4.69) is 102 Å². The fourth-order valence-electron chi connectivity index (χ4n) is 16.2. The number of nitrogens with zero attached hydrogens (tertiary/aromatic N) is 24. The van der Waals surface area contributed by atoms with Crippen molar-refractivity contribution in [2.45, 2.75) is 0 Å². The van der Waals surface area contributed by atoms with E-state index in [4.69, 9.17) is 50.1 Å². The Bertz CT molecular complexity index is 8010. The Labute approximate surface area is 878 Å². The van der Waals surface area contributed by atoms with E-state index in [-0.39, 0.29) is 80.1 Å². The SMILES string of the molecule is N#Cc1ccc(-c2cnc3ccc(-c4ccc(C(=O)N5CCOCC5)c(N)c4)nn23)cc1.N#Cc1ccc(-c2cnc3ccc(-c4ccc(C(=O)N5CCOCC5)c([N+](=O)[O-])c4)nn23)cc1.O=C(O)c1ccc(Br)cc1[N+](=O)[O-].O=C(c1ccc(-c2ccc3ncc(I)n3n2)cc1[N+](=O)[O-])N1CCOCC1.O=C(c1ccc(-c2ccc3nccn3n2)cc1[N+](=O)[O-])N1CCOCC1.O=C(c1ccc(Br)cc1[N+](=O)[O-])N1CCOCC1. The maximum absolute atomic E-state index is 12.9. The van der Waals surface area contributed by atoms with Crippen LogP contribution in [0.2, 0.25) is 0 Å². The monoisotopic (exact) mass is 2270 g/mol. The van der Waals surface area contributed by atoms with Crippen molar-refractivity contribution in [1.82, 2.24) is 82.9 Å². The number of carbonyl (C=O) groups is 6. The van der Waals surface area contributed by atoms with Crippen molar-refractivity contribution in [3.8, 4) is 79.7 Å². The summed E-state index contributed by atoms with van der Waals surface area (Å²) in [5, 5.41) is 101. The van der Waals surface area contributed by atoms with Crippen LogP contribution in [0.5, 0.6) is 0 Å². The van der Waals surface area contributed by atoms with Gasteiger partial charge in [-0.15, -0.1) is 0 Å². The van der Waals surface area contributed by atoms with Crippen molar-refractivity contribution < 1.29 is 82.2 Å². The van der Waals surface area contributed by atoms with Crippen LogP contribution in [0.1, 0.15) is 73.3 Å². The number of morpholine rings is 5. The van der Waals surface area contributed by atoms with Crippen LogP contribution in [0, 0.1) is 76.9 Å². The van der Waals surface area contributed by atoms with Gasteiger partial charge < -0.3 is 59.0 Å². The molecule has 16 aromatic rings. The second kappa shape index (κ2) is 48.1. The molecule has 50 heteroatoms. The van der Waals surface area contributed by atoms with Gasteiger partial charge in [0.25, 0.3) is 58.0 Å². The fourth-order valence-corrected chi connectivity index (χ4v) is 17.4.